The first-order valence-corrected chi connectivity index (χ1v) is 5.95. The van der Waals surface area contributed by atoms with Crippen LogP contribution in [0.1, 0.15) is 12.8 Å². The normalized spacial score (nSPS) is 23.4. The summed E-state index contributed by atoms with van der Waals surface area (Å²) in [6.45, 7) is 1.60. The molecule has 1 N–H and O–H groups in total. The van der Waals surface area contributed by atoms with Gasteiger partial charge in [-0.2, -0.15) is 18.3 Å². The van der Waals surface area contributed by atoms with Gasteiger partial charge in [-0.25, -0.2) is 0 Å². The Morgan fingerprint density at radius 1 is 1.39 bits per heavy atom. The first-order valence-electron chi connectivity index (χ1n) is 5.95. The topological polar surface area (TPSA) is 41.3 Å². The SMILES string of the molecule is O[C@@H]([C@H]1CCCN1CCn1cccn1)C(F)(F)F. The largest absolute Gasteiger partial charge is 0.415 e. The van der Waals surface area contributed by atoms with Gasteiger partial charge in [-0.15, -0.1) is 0 Å². The molecule has 0 amide bonds. The van der Waals surface area contributed by atoms with Crippen LogP contribution in [0.4, 0.5) is 13.2 Å². The maximum absolute atomic E-state index is 12.5. The van der Waals surface area contributed by atoms with Gasteiger partial charge >= 0.3 is 6.18 Å². The Kier molecular flexibility index (Phi) is 3.91. The zero-order valence-corrected chi connectivity index (χ0v) is 9.85. The fraction of sp³-hybridized carbons (Fsp3) is 0.727. The smallest absolute Gasteiger partial charge is 0.382 e. The number of aliphatic hydroxyl groups is 1. The molecule has 0 aliphatic carbocycles. The molecule has 18 heavy (non-hydrogen) atoms. The second kappa shape index (κ2) is 5.27. The lowest BCUT2D eigenvalue weighted by atomic mass is 10.1. The molecule has 0 radical (unpaired) electrons. The van der Waals surface area contributed by atoms with E-state index < -0.39 is 18.3 Å². The van der Waals surface area contributed by atoms with E-state index >= 15 is 0 Å². The summed E-state index contributed by atoms with van der Waals surface area (Å²) in [7, 11) is 0. The van der Waals surface area contributed by atoms with Crippen molar-refractivity contribution in [2.75, 3.05) is 13.1 Å². The van der Waals surface area contributed by atoms with E-state index in [1.165, 1.54) is 0 Å². The minimum atomic E-state index is -4.54. The number of aromatic nitrogens is 2. The van der Waals surface area contributed by atoms with Crippen molar-refractivity contribution in [3.8, 4) is 0 Å². The van der Waals surface area contributed by atoms with Crippen molar-refractivity contribution in [3.05, 3.63) is 18.5 Å². The van der Waals surface area contributed by atoms with Crippen LogP contribution in [0.2, 0.25) is 0 Å². The number of nitrogens with zero attached hydrogens (tertiary/aromatic N) is 3. The fourth-order valence-corrected chi connectivity index (χ4v) is 2.37. The van der Waals surface area contributed by atoms with E-state index in [1.807, 2.05) is 0 Å². The van der Waals surface area contributed by atoms with Crippen LogP contribution in [0.5, 0.6) is 0 Å². The van der Waals surface area contributed by atoms with Crippen LogP contribution in [-0.4, -0.2) is 51.2 Å². The standard InChI is InChI=1S/C11H16F3N3O/c12-11(13,14)10(18)9-3-1-5-16(9)7-8-17-6-2-4-15-17/h2,4,6,9-10,18H,1,3,5,7-8H2/t9-,10+/m1/s1. The lowest BCUT2D eigenvalue weighted by molar-refractivity contribution is -0.219. The zero-order valence-electron chi connectivity index (χ0n) is 9.85. The Labute approximate surface area is 103 Å². The van der Waals surface area contributed by atoms with Crippen LogP contribution in [0.15, 0.2) is 18.5 Å². The van der Waals surface area contributed by atoms with Crippen LogP contribution in [-0.2, 0) is 6.54 Å². The van der Waals surface area contributed by atoms with Crippen molar-refractivity contribution in [1.82, 2.24) is 14.7 Å². The van der Waals surface area contributed by atoms with Crippen molar-refractivity contribution in [3.63, 3.8) is 0 Å². The molecule has 0 bridgehead atoms. The molecule has 1 aromatic heterocycles. The van der Waals surface area contributed by atoms with Gasteiger partial charge in [0, 0.05) is 25.0 Å². The fourth-order valence-electron chi connectivity index (χ4n) is 2.37. The third kappa shape index (κ3) is 3.02. The molecule has 0 saturated carbocycles. The number of alkyl halides is 3. The predicted molar refractivity (Wildman–Crippen MR) is 58.9 cm³/mol. The van der Waals surface area contributed by atoms with Gasteiger partial charge < -0.3 is 5.11 Å². The predicted octanol–water partition coefficient (Wildman–Crippen LogP) is 1.27. The number of likely N-dealkylation sites (tertiary alicyclic amines) is 1. The van der Waals surface area contributed by atoms with Crippen LogP contribution in [0, 0.1) is 0 Å². The van der Waals surface area contributed by atoms with E-state index in [0.29, 0.717) is 32.5 Å². The summed E-state index contributed by atoms with van der Waals surface area (Å²) in [6, 6.07) is 0.951. The molecular weight excluding hydrogens is 247 g/mol. The van der Waals surface area contributed by atoms with Gasteiger partial charge in [-0.05, 0) is 25.5 Å². The molecule has 2 atom stereocenters. The molecule has 4 nitrogen and oxygen atoms in total. The van der Waals surface area contributed by atoms with Gasteiger partial charge in [0.15, 0.2) is 6.10 Å². The molecule has 0 unspecified atom stereocenters. The minimum Gasteiger partial charge on any atom is -0.382 e. The van der Waals surface area contributed by atoms with Gasteiger partial charge in [0.05, 0.1) is 6.54 Å². The number of hydrogen-bond donors (Lipinski definition) is 1. The van der Waals surface area contributed by atoms with Crippen molar-refractivity contribution in [1.29, 1.82) is 0 Å². The number of rotatable bonds is 4. The van der Waals surface area contributed by atoms with E-state index in [0.717, 1.165) is 0 Å². The van der Waals surface area contributed by atoms with Crippen molar-refractivity contribution >= 4 is 0 Å². The summed E-state index contributed by atoms with van der Waals surface area (Å²) in [5, 5.41) is 13.3. The van der Waals surface area contributed by atoms with Gasteiger partial charge in [0.25, 0.3) is 0 Å². The molecular formula is C11H16F3N3O. The molecule has 1 fully saturated rings. The highest BCUT2D eigenvalue weighted by Crippen LogP contribution is 2.30. The molecule has 1 saturated heterocycles. The molecule has 0 spiro atoms. The van der Waals surface area contributed by atoms with Gasteiger partial charge in [0.2, 0.25) is 0 Å². The number of hydrogen-bond acceptors (Lipinski definition) is 3. The highest BCUT2D eigenvalue weighted by atomic mass is 19.4. The Morgan fingerprint density at radius 2 is 2.17 bits per heavy atom. The third-order valence-electron chi connectivity index (χ3n) is 3.29. The van der Waals surface area contributed by atoms with Crippen LogP contribution >= 0.6 is 0 Å². The second-order valence-electron chi connectivity index (χ2n) is 4.50. The zero-order chi connectivity index (χ0) is 13.2. The van der Waals surface area contributed by atoms with E-state index in [2.05, 4.69) is 5.10 Å². The lowest BCUT2D eigenvalue weighted by Crippen LogP contribution is -2.47. The summed E-state index contributed by atoms with van der Waals surface area (Å²) in [4.78, 5) is 1.69. The average molecular weight is 263 g/mol. The first-order chi connectivity index (χ1) is 8.48. The molecule has 7 heteroatoms. The van der Waals surface area contributed by atoms with E-state index in [4.69, 9.17) is 0 Å². The molecule has 2 rings (SSSR count). The minimum absolute atomic E-state index is 0.389. The summed E-state index contributed by atoms with van der Waals surface area (Å²) in [5.74, 6) is 0. The molecule has 0 aromatic carbocycles. The van der Waals surface area contributed by atoms with Crippen molar-refractivity contribution in [2.24, 2.45) is 0 Å². The van der Waals surface area contributed by atoms with Crippen LogP contribution in [0.25, 0.3) is 0 Å². The summed E-state index contributed by atoms with van der Waals surface area (Å²) < 4.78 is 39.2. The maximum Gasteiger partial charge on any atom is 0.415 e. The second-order valence-corrected chi connectivity index (χ2v) is 4.50. The Balaban J connectivity index is 1.91. The highest BCUT2D eigenvalue weighted by molar-refractivity contribution is 4.88. The number of aliphatic hydroxyl groups excluding tert-OH is 1. The van der Waals surface area contributed by atoms with E-state index in [1.54, 1.807) is 28.0 Å². The van der Waals surface area contributed by atoms with Gasteiger partial charge in [-0.1, -0.05) is 0 Å². The monoisotopic (exact) mass is 263 g/mol. The van der Waals surface area contributed by atoms with Crippen LogP contribution in [0.3, 0.4) is 0 Å². The average Bonchev–Trinajstić information content (AvgIpc) is 2.95. The molecule has 102 valence electrons. The van der Waals surface area contributed by atoms with Crippen LogP contribution < -0.4 is 0 Å². The Morgan fingerprint density at radius 3 is 2.78 bits per heavy atom. The summed E-state index contributed by atoms with van der Waals surface area (Å²) in [5.41, 5.74) is 0. The van der Waals surface area contributed by atoms with Gasteiger partial charge in [0.1, 0.15) is 0 Å². The molecule has 2 heterocycles. The highest BCUT2D eigenvalue weighted by Gasteiger charge is 2.46. The Bertz CT molecular complexity index is 366. The summed E-state index contributed by atoms with van der Waals surface area (Å²) >= 11 is 0. The van der Waals surface area contributed by atoms with E-state index in [-0.39, 0.29) is 0 Å². The summed E-state index contributed by atoms with van der Waals surface area (Å²) in [6.07, 6.45) is -2.31. The van der Waals surface area contributed by atoms with Crippen molar-refractivity contribution < 1.29 is 18.3 Å². The van der Waals surface area contributed by atoms with E-state index in [9.17, 15) is 18.3 Å². The molecule has 1 aliphatic rings. The van der Waals surface area contributed by atoms with Crippen molar-refractivity contribution in [2.45, 2.75) is 37.7 Å². The quantitative estimate of drug-likeness (QED) is 0.889. The van der Waals surface area contributed by atoms with Gasteiger partial charge in [-0.3, -0.25) is 9.58 Å². The molecule has 1 aliphatic heterocycles. The molecule has 1 aromatic rings. The first kappa shape index (κ1) is 13.4. The third-order valence-corrected chi connectivity index (χ3v) is 3.29. The lowest BCUT2D eigenvalue weighted by Gasteiger charge is -2.29. The maximum atomic E-state index is 12.5. The number of halogens is 3. The Hall–Kier alpha value is -1.08.